The quantitative estimate of drug-likeness (QED) is 0.495. The van der Waals surface area contributed by atoms with E-state index < -0.39 is 0 Å². The highest BCUT2D eigenvalue weighted by Crippen LogP contribution is 2.31. The second kappa shape index (κ2) is 8.19. The van der Waals surface area contributed by atoms with E-state index in [1.54, 1.807) is 17.6 Å². The van der Waals surface area contributed by atoms with E-state index in [1.807, 2.05) is 55.6 Å². The van der Waals surface area contributed by atoms with Gasteiger partial charge in [0.1, 0.15) is 11.0 Å². The second-order valence-corrected chi connectivity index (χ2v) is 8.37. The number of anilines is 1. The molecule has 2 heterocycles. The van der Waals surface area contributed by atoms with Gasteiger partial charge in [0, 0.05) is 11.3 Å². The Morgan fingerprint density at radius 2 is 1.93 bits per heavy atom. The Morgan fingerprint density at radius 1 is 1.14 bits per heavy atom. The normalized spacial score (nSPS) is 13.3. The maximum absolute atomic E-state index is 12.5. The van der Waals surface area contributed by atoms with Gasteiger partial charge >= 0.3 is 0 Å². The van der Waals surface area contributed by atoms with Gasteiger partial charge in [0.25, 0.3) is 5.91 Å². The molecule has 0 aliphatic carbocycles. The van der Waals surface area contributed by atoms with Crippen molar-refractivity contribution in [2.75, 3.05) is 5.32 Å². The van der Waals surface area contributed by atoms with E-state index in [4.69, 9.17) is 9.40 Å². The molecule has 3 N–H and O–H groups in total. The summed E-state index contributed by atoms with van der Waals surface area (Å²) in [5.74, 6) is 0.826. The number of aryl methyl sites for hydroxylation is 1. The van der Waals surface area contributed by atoms with Gasteiger partial charge in [-0.1, -0.05) is 6.07 Å². The summed E-state index contributed by atoms with van der Waals surface area (Å²) in [4.78, 5) is 17.3. The van der Waals surface area contributed by atoms with Gasteiger partial charge in [-0.3, -0.25) is 4.79 Å². The second-order valence-electron chi connectivity index (χ2n) is 7.34. The predicted octanol–water partition coefficient (Wildman–Crippen LogP) is 4.52. The van der Waals surface area contributed by atoms with Crippen LogP contribution in [0.5, 0.6) is 0 Å². The van der Waals surface area contributed by atoms with Crippen molar-refractivity contribution in [2.45, 2.75) is 32.9 Å². The van der Waals surface area contributed by atoms with Crippen LogP contribution in [0.4, 0.5) is 5.69 Å². The van der Waals surface area contributed by atoms with Crippen LogP contribution in [-0.4, -0.2) is 16.9 Å². The monoisotopic (exact) mass is 406 g/mol. The molecule has 0 saturated heterocycles. The molecule has 1 amide bonds. The fraction of sp³-hybridized carbons (Fsp3) is 0.217. The summed E-state index contributed by atoms with van der Waals surface area (Å²) in [6.45, 7) is 6.01. The van der Waals surface area contributed by atoms with Crippen molar-refractivity contribution < 1.29 is 14.5 Å². The summed E-state index contributed by atoms with van der Waals surface area (Å²) in [6, 6.07) is 17.8. The van der Waals surface area contributed by atoms with Crippen molar-refractivity contribution in [1.82, 2.24) is 4.98 Å². The van der Waals surface area contributed by atoms with E-state index >= 15 is 0 Å². The highest BCUT2D eigenvalue weighted by molar-refractivity contribution is 7.21. The number of hydrogen-bond donors (Lipinski definition) is 2. The van der Waals surface area contributed by atoms with Crippen LogP contribution in [0.3, 0.4) is 0 Å². The van der Waals surface area contributed by atoms with Crippen molar-refractivity contribution in [3.63, 3.8) is 0 Å². The molecule has 6 heteroatoms. The number of aromatic nitrogens is 1. The zero-order valence-corrected chi connectivity index (χ0v) is 17.5. The number of fused-ring (bicyclic) bond motifs is 1. The smallest absolute Gasteiger partial charge is 0.282 e. The van der Waals surface area contributed by atoms with Gasteiger partial charge in [-0.05, 0) is 74.9 Å². The number of nitrogens with one attached hydrogen (secondary N) is 1. The molecular formula is C23H24N3O2S+. The molecule has 0 unspecified atom stereocenters. The van der Waals surface area contributed by atoms with Crippen LogP contribution < -0.4 is 10.6 Å². The minimum absolute atomic E-state index is 0.0355. The Morgan fingerprint density at radius 3 is 2.66 bits per heavy atom. The largest absolute Gasteiger partial charge is 0.463 e. The first-order valence-electron chi connectivity index (χ1n) is 9.66. The lowest BCUT2D eigenvalue weighted by atomic mass is 10.2. The van der Waals surface area contributed by atoms with Crippen molar-refractivity contribution in [1.29, 1.82) is 0 Å². The van der Waals surface area contributed by atoms with Crippen LogP contribution in [0.15, 0.2) is 65.3 Å². The van der Waals surface area contributed by atoms with Crippen LogP contribution in [0.25, 0.3) is 20.8 Å². The van der Waals surface area contributed by atoms with Crippen molar-refractivity contribution in [2.24, 2.45) is 0 Å². The third-order valence-electron chi connectivity index (χ3n) is 4.93. The summed E-state index contributed by atoms with van der Waals surface area (Å²) >= 11 is 1.68. The molecule has 148 valence electrons. The van der Waals surface area contributed by atoms with Crippen LogP contribution in [0.2, 0.25) is 0 Å². The summed E-state index contributed by atoms with van der Waals surface area (Å²) in [7, 11) is 0. The van der Waals surface area contributed by atoms with Crippen molar-refractivity contribution in [3.05, 3.63) is 72.2 Å². The van der Waals surface area contributed by atoms with Gasteiger partial charge in [-0.15, -0.1) is 11.3 Å². The van der Waals surface area contributed by atoms with Crippen LogP contribution >= 0.6 is 11.3 Å². The van der Waals surface area contributed by atoms with Crippen LogP contribution in [0, 0.1) is 6.92 Å². The summed E-state index contributed by atoms with van der Waals surface area (Å²) in [5, 5.41) is 5.96. The third-order valence-corrected chi connectivity index (χ3v) is 5.99. The summed E-state index contributed by atoms with van der Waals surface area (Å²) < 4.78 is 6.60. The topological polar surface area (TPSA) is 71.7 Å². The number of rotatable bonds is 6. The lowest BCUT2D eigenvalue weighted by molar-refractivity contribution is -0.711. The SMILES string of the molecule is Cc1ccc2nc(-c3ccc(NC(=O)[C@@H](C)[NH2+][C@H](C)c4ccco4)cc3)sc2c1. The van der Waals surface area contributed by atoms with E-state index in [-0.39, 0.29) is 18.0 Å². The van der Waals surface area contributed by atoms with Crippen molar-refractivity contribution in [3.8, 4) is 10.6 Å². The number of nitrogens with two attached hydrogens (primary N) is 1. The van der Waals surface area contributed by atoms with Gasteiger partial charge in [0.2, 0.25) is 0 Å². The first kappa shape index (κ1) is 19.4. The Balaban J connectivity index is 1.41. The molecular weight excluding hydrogens is 382 g/mol. The standard InChI is InChI=1S/C23H23N3O2S/c1-14-6-11-19-21(13-14)29-23(26-19)17-7-9-18(10-8-17)25-22(27)16(3)24-15(2)20-5-4-12-28-20/h4-13,15-16,24H,1-3H3,(H,25,27)/p+1/t15-,16-/m1/s1. The number of furan rings is 1. The molecule has 2 aromatic carbocycles. The molecule has 0 spiro atoms. The van der Waals surface area contributed by atoms with Gasteiger partial charge in [0.05, 0.1) is 16.5 Å². The summed E-state index contributed by atoms with van der Waals surface area (Å²) in [5.41, 5.74) is 4.08. The average molecular weight is 407 g/mol. The molecule has 4 rings (SSSR count). The van der Waals surface area contributed by atoms with Crippen LogP contribution in [-0.2, 0) is 4.79 Å². The van der Waals surface area contributed by atoms with E-state index in [2.05, 4.69) is 30.4 Å². The number of carbonyl (C=O) groups excluding carboxylic acids is 1. The minimum Gasteiger partial charge on any atom is -0.463 e. The number of amides is 1. The third kappa shape index (κ3) is 4.39. The van der Waals surface area contributed by atoms with Gasteiger partial charge in [0.15, 0.2) is 11.8 Å². The number of benzene rings is 2. The first-order chi connectivity index (χ1) is 14.0. The lowest BCUT2D eigenvalue weighted by Crippen LogP contribution is -2.91. The molecule has 0 aliphatic heterocycles. The van der Waals surface area contributed by atoms with Crippen molar-refractivity contribution >= 4 is 33.1 Å². The Bertz CT molecular complexity index is 1120. The van der Waals surface area contributed by atoms with Gasteiger partial charge in [-0.2, -0.15) is 0 Å². The van der Waals surface area contributed by atoms with Crippen LogP contribution in [0.1, 0.15) is 31.2 Å². The average Bonchev–Trinajstić information content (AvgIpc) is 3.38. The maximum Gasteiger partial charge on any atom is 0.282 e. The number of nitrogens with zero attached hydrogens (tertiary/aromatic N) is 1. The fourth-order valence-corrected chi connectivity index (χ4v) is 4.34. The Labute approximate surface area is 173 Å². The first-order valence-corrected chi connectivity index (χ1v) is 10.5. The molecule has 0 radical (unpaired) electrons. The molecule has 4 aromatic rings. The minimum atomic E-state index is -0.234. The Kier molecular flexibility index (Phi) is 5.47. The maximum atomic E-state index is 12.5. The molecule has 0 bridgehead atoms. The molecule has 0 aliphatic rings. The molecule has 0 fully saturated rings. The number of thiazole rings is 1. The summed E-state index contributed by atoms with van der Waals surface area (Å²) in [6.07, 6.45) is 1.65. The Hall–Kier alpha value is -2.96. The number of carbonyl (C=O) groups is 1. The van der Waals surface area contributed by atoms with E-state index in [0.29, 0.717) is 0 Å². The zero-order valence-electron chi connectivity index (χ0n) is 16.7. The zero-order chi connectivity index (χ0) is 20.4. The number of quaternary nitrogens is 1. The molecule has 29 heavy (non-hydrogen) atoms. The number of hydrogen-bond acceptors (Lipinski definition) is 4. The lowest BCUT2D eigenvalue weighted by Gasteiger charge is -2.15. The molecule has 2 aromatic heterocycles. The highest BCUT2D eigenvalue weighted by atomic mass is 32.1. The van der Waals surface area contributed by atoms with Gasteiger partial charge in [-0.25, -0.2) is 4.98 Å². The highest BCUT2D eigenvalue weighted by Gasteiger charge is 2.21. The molecule has 0 saturated carbocycles. The van der Waals surface area contributed by atoms with E-state index in [1.165, 1.54) is 10.3 Å². The molecule has 2 atom stereocenters. The predicted molar refractivity (Wildman–Crippen MR) is 117 cm³/mol. The molecule has 5 nitrogen and oxygen atoms in total. The fourth-order valence-electron chi connectivity index (χ4n) is 3.27. The van der Waals surface area contributed by atoms with Gasteiger partial charge < -0.3 is 15.1 Å². The van der Waals surface area contributed by atoms with E-state index in [0.717, 1.165) is 27.5 Å². The van der Waals surface area contributed by atoms with E-state index in [9.17, 15) is 4.79 Å².